The number of hydrogen-bond donors (Lipinski definition) is 2. The van der Waals surface area contributed by atoms with Crippen LogP contribution in [0.1, 0.15) is 50.9 Å². The molecule has 0 fully saturated rings. The summed E-state index contributed by atoms with van der Waals surface area (Å²) in [5.74, 6) is 1.37. The number of thiazole rings is 1. The number of hydrogen-bond acceptors (Lipinski definition) is 4. The summed E-state index contributed by atoms with van der Waals surface area (Å²) in [7, 11) is 0. The lowest BCUT2D eigenvalue weighted by Gasteiger charge is -2.21. The van der Waals surface area contributed by atoms with Crippen molar-refractivity contribution in [3.05, 3.63) is 16.1 Å². The van der Waals surface area contributed by atoms with Gasteiger partial charge in [-0.15, -0.1) is 11.3 Å². The van der Waals surface area contributed by atoms with Crippen LogP contribution in [0, 0.1) is 5.92 Å². The Hall–Kier alpha value is -1.14. The van der Waals surface area contributed by atoms with E-state index in [2.05, 4.69) is 48.3 Å². The highest BCUT2D eigenvalue weighted by molar-refractivity contribution is 7.11. The monoisotopic (exact) mass is 340 g/mol. The maximum absolute atomic E-state index is 5.78. The molecule has 1 aromatic heterocycles. The lowest BCUT2D eigenvalue weighted by Crippen LogP contribution is -2.39. The molecule has 2 N–H and O–H groups in total. The first kappa shape index (κ1) is 19.9. The number of aliphatic imine (C=N–C) groups is 1. The zero-order valence-corrected chi connectivity index (χ0v) is 16.0. The normalized spacial score (nSPS) is 13.4. The third-order valence-corrected chi connectivity index (χ3v) is 4.64. The SMILES string of the molecule is CCNC(=NCc1ncc(CC)s1)NCCC(OCC)C(C)C. The van der Waals surface area contributed by atoms with Crippen LogP contribution < -0.4 is 10.6 Å². The minimum Gasteiger partial charge on any atom is -0.378 e. The van der Waals surface area contributed by atoms with E-state index in [9.17, 15) is 0 Å². The molecule has 1 aromatic rings. The number of nitrogens with zero attached hydrogens (tertiary/aromatic N) is 2. The molecule has 1 unspecified atom stereocenters. The molecule has 0 bridgehead atoms. The van der Waals surface area contributed by atoms with Crippen molar-refractivity contribution < 1.29 is 4.74 Å². The lowest BCUT2D eigenvalue weighted by atomic mass is 10.0. The predicted octanol–water partition coefficient (Wildman–Crippen LogP) is 3.21. The van der Waals surface area contributed by atoms with Crippen LogP contribution >= 0.6 is 11.3 Å². The van der Waals surface area contributed by atoms with Crippen molar-refractivity contribution in [1.82, 2.24) is 15.6 Å². The van der Waals surface area contributed by atoms with Gasteiger partial charge < -0.3 is 15.4 Å². The van der Waals surface area contributed by atoms with Gasteiger partial charge in [0.25, 0.3) is 0 Å². The van der Waals surface area contributed by atoms with E-state index in [4.69, 9.17) is 4.74 Å². The molecule has 0 saturated heterocycles. The topological polar surface area (TPSA) is 58.5 Å². The molecule has 0 radical (unpaired) electrons. The van der Waals surface area contributed by atoms with Crippen LogP contribution in [0.4, 0.5) is 0 Å². The second-order valence-corrected chi connectivity index (χ2v) is 6.92. The Labute approximate surface area is 145 Å². The second-order valence-electron chi connectivity index (χ2n) is 5.72. The molecule has 0 aliphatic carbocycles. The number of aromatic nitrogens is 1. The number of aryl methyl sites for hydroxylation is 1. The van der Waals surface area contributed by atoms with Crippen molar-refractivity contribution in [2.75, 3.05) is 19.7 Å². The first-order chi connectivity index (χ1) is 11.1. The van der Waals surface area contributed by atoms with Gasteiger partial charge in [-0.25, -0.2) is 9.98 Å². The van der Waals surface area contributed by atoms with Gasteiger partial charge in [-0.3, -0.25) is 0 Å². The van der Waals surface area contributed by atoms with Gasteiger partial charge in [0.1, 0.15) is 5.01 Å². The maximum atomic E-state index is 5.78. The second kappa shape index (κ2) is 11.4. The third-order valence-electron chi connectivity index (χ3n) is 3.51. The number of guanidine groups is 1. The molecule has 1 heterocycles. The molecule has 0 amide bonds. The third kappa shape index (κ3) is 7.79. The first-order valence-electron chi connectivity index (χ1n) is 8.67. The largest absolute Gasteiger partial charge is 0.378 e. The van der Waals surface area contributed by atoms with Crippen molar-refractivity contribution in [3.63, 3.8) is 0 Å². The number of ether oxygens (including phenoxy) is 1. The average Bonchev–Trinajstić information content (AvgIpc) is 2.99. The van der Waals surface area contributed by atoms with Gasteiger partial charge >= 0.3 is 0 Å². The number of rotatable bonds is 10. The van der Waals surface area contributed by atoms with Gasteiger partial charge in [0.15, 0.2) is 5.96 Å². The highest BCUT2D eigenvalue weighted by atomic mass is 32.1. The zero-order chi connectivity index (χ0) is 17.1. The Bertz CT molecular complexity index is 459. The van der Waals surface area contributed by atoms with Crippen molar-refractivity contribution >= 4 is 17.3 Å². The maximum Gasteiger partial charge on any atom is 0.191 e. The highest BCUT2D eigenvalue weighted by Gasteiger charge is 2.13. The van der Waals surface area contributed by atoms with Crippen LogP contribution in [0.25, 0.3) is 0 Å². The Morgan fingerprint density at radius 3 is 2.65 bits per heavy atom. The van der Waals surface area contributed by atoms with E-state index in [-0.39, 0.29) is 0 Å². The molecular formula is C17H32N4OS. The molecule has 1 rings (SSSR count). The van der Waals surface area contributed by atoms with Crippen LogP contribution in [0.5, 0.6) is 0 Å². The van der Waals surface area contributed by atoms with Crippen molar-refractivity contribution in [1.29, 1.82) is 0 Å². The minimum atomic E-state index is 0.293. The Kier molecular flexibility index (Phi) is 9.87. The van der Waals surface area contributed by atoms with Crippen LogP contribution in [-0.4, -0.2) is 36.7 Å². The number of nitrogens with one attached hydrogen (secondary N) is 2. The molecule has 23 heavy (non-hydrogen) atoms. The summed E-state index contributed by atoms with van der Waals surface area (Å²) >= 11 is 1.74. The molecule has 0 saturated carbocycles. The summed E-state index contributed by atoms with van der Waals surface area (Å²) in [5, 5.41) is 7.74. The molecule has 1 atom stereocenters. The van der Waals surface area contributed by atoms with Gasteiger partial charge in [-0.2, -0.15) is 0 Å². The standard InChI is InChI=1S/C17H32N4OS/c1-6-14-11-20-16(23-14)12-21-17(18-7-2)19-10-9-15(13(4)5)22-8-3/h11,13,15H,6-10,12H2,1-5H3,(H2,18,19,21). The Balaban J connectivity index is 2.48. The fourth-order valence-electron chi connectivity index (χ4n) is 2.23. The molecule has 5 nitrogen and oxygen atoms in total. The summed E-state index contributed by atoms with van der Waals surface area (Å²) in [4.78, 5) is 10.3. The molecule has 6 heteroatoms. The molecule has 132 valence electrons. The van der Waals surface area contributed by atoms with E-state index in [1.54, 1.807) is 11.3 Å². The smallest absolute Gasteiger partial charge is 0.191 e. The van der Waals surface area contributed by atoms with Gasteiger partial charge in [-0.05, 0) is 32.6 Å². The van der Waals surface area contributed by atoms with Crippen LogP contribution in [0.2, 0.25) is 0 Å². The van der Waals surface area contributed by atoms with E-state index in [1.165, 1.54) is 4.88 Å². The van der Waals surface area contributed by atoms with Crippen molar-refractivity contribution in [2.24, 2.45) is 10.9 Å². The van der Waals surface area contributed by atoms with E-state index in [0.29, 0.717) is 18.6 Å². The van der Waals surface area contributed by atoms with Crippen molar-refractivity contribution in [3.8, 4) is 0 Å². The fraction of sp³-hybridized carbons (Fsp3) is 0.765. The minimum absolute atomic E-state index is 0.293. The lowest BCUT2D eigenvalue weighted by molar-refractivity contribution is 0.0258. The van der Waals surface area contributed by atoms with Gasteiger partial charge in [0, 0.05) is 30.8 Å². The van der Waals surface area contributed by atoms with Crippen LogP contribution in [0.15, 0.2) is 11.2 Å². The Morgan fingerprint density at radius 2 is 2.09 bits per heavy atom. The highest BCUT2D eigenvalue weighted by Crippen LogP contribution is 2.14. The summed E-state index contributed by atoms with van der Waals surface area (Å²) < 4.78 is 5.78. The van der Waals surface area contributed by atoms with Crippen LogP contribution in [-0.2, 0) is 17.7 Å². The van der Waals surface area contributed by atoms with Gasteiger partial charge in [0.05, 0.1) is 12.6 Å². The summed E-state index contributed by atoms with van der Waals surface area (Å²) in [6.45, 7) is 13.8. The summed E-state index contributed by atoms with van der Waals surface area (Å²) in [5.41, 5.74) is 0. The molecule has 0 aromatic carbocycles. The molecule has 0 aliphatic heterocycles. The van der Waals surface area contributed by atoms with Gasteiger partial charge in [-0.1, -0.05) is 20.8 Å². The van der Waals surface area contributed by atoms with Crippen molar-refractivity contribution in [2.45, 2.75) is 60.1 Å². The predicted molar refractivity (Wildman–Crippen MR) is 99.2 cm³/mol. The molecule has 0 spiro atoms. The van der Waals surface area contributed by atoms with Gasteiger partial charge in [0.2, 0.25) is 0 Å². The average molecular weight is 341 g/mol. The van der Waals surface area contributed by atoms with E-state index in [0.717, 1.165) is 43.5 Å². The van der Waals surface area contributed by atoms with E-state index in [1.807, 2.05) is 13.1 Å². The van der Waals surface area contributed by atoms with E-state index < -0.39 is 0 Å². The quantitative estimate of drug-likeness (QED) is 0.507. The fourth-order valence-corrected chi connectivity index (χ4v) is 3.02. The molecule has 0 aliphatic rings. The zero-order valence-electron chi connectivity index (χ0n) is 15.2. The first-order valence-corrected chi connectivity index (χ1v) is 9.49. The Morgan fingerprint density at radius 1 is 1.30 bits per heavy atom. The molecular weight excluding hydrogens is 308 g/mol. The van der Waals surface area contributed by atoms with E-state index >= 15 is 0 Å². The van der Waals surface area contributed by atoms with Crippen LogP contribution in [0.3, 0.4) is 0 Å². The summed E-state index contributed by atoms with van der Waals surface area (Å²) in [6.07, 6.45) is 4.26. The summed E-state index contributed by atoms with van der Waals surface area (Å²) in [6, 6.07) is 0.